The number of hydrogen-bond donors (Lipinski definition) is 2. The van der Waals surface area contributed by atoms with Gasteiger partial charge in [0.1, 0.15) is 17.6 Å². The Labute approximate surface area is 222 Å². The van der Waals surface area contributed by atoms with Gasteiger partial charge in [-0.25, -0.2) is 0 Å². The molecule has 0 aromatic heterocycles. The van der Waals surface area contributed by atoms with Gasteiger partial charge in [0.2, 0.25) is 5.91 Å². The molecule has 3 fully saturated rings. The van der Waals surface area contributed by atoms with Gasteiger partial charge in [-0.2, -0.15) is 0 Å². The van der Waals surface area contributed by atoms with Crippen molar-refractivity contribution in [2.24, 2.45) is 11.8 Å². The van der Waals surface area contributed by atoms with Crippen molar-refractivity contribution < 1.29 is 29.3 Å². The number of aliphatic carboxylic acids is 1. The maximum Gasteiger partial charge on any atom is 0.310 e. The van der Waals surface area contributed by atoms with Crippen LogP contribution in [0.25, 0.3) is 10.8 Å². The van der Waals surface area contributed by atoms with E-state index in [1.165, 1.54) is 0 Å². The molecule has 2 bridgehead atoms. The fourth-order valence-corrected chi connectivity index (χ4v) is 7.13. The van der Waals surface area contributed by atoms with E-state index in [1.807, 2.05) is 49.4 Å². The van der Waals surface area contributed by atoms with Gasteiger partial charge < -0.3 is 24.7 Å². The Morgan fingerprint density at radius 1 is 1.16 bits per heavy atom. The highest BCUT2D eigenvalue weighted by atomic mass is 16.5. The van der Waals surface area contributed by atoms with Crippen LogP contribution in [0.5, 0.6) is 0 Å². The Morgan fingerprint density at radius 3 is 2.61 bits per heavy atom. The average Bonchev–Trinajstić information content (AvgIpc) is 3.52. The highest BCUT2D eigenvalue weighted by Gasteiger charge is 2.79. The van der Waals surface area contributed by atoms with Crippen molar-refractivity contribution in [3.05, 3.63) is 55.1 Å². The van der Waals surface area contributed by atoms with Crippen molar-refractivity contribution in [3.63, 3.8) is 0 Å². The number of carboxylic acid groups (broad SMARTS) is 1. The molecule has 8 nitrogen and oxygen atoms in total. The van der Waals surface area contributed by atoms with E-state index >= 15 is 0 Å². The number of ether oxygens (including phenoxy) is 1. The summed E-state index contributed by atoms with van der Waals surface area (Å²) in [6.45, 7) is 6.36. The van der Waals surface area contributed by atoms with Gasteiger partial charge in [0, 0.05) is 25.4 Å². The number of anilines is 1. The molecule has 5 atom stereocenters. The number of hydrogen-bond acceptors (Lipinski definition) is 5. The predicted molar refractivity (Wildman–Crippen MR) is 144 cm³/mol. The highest BCUT2D eigenvalue weighted by molar-refractivity contribution is 6.05. The van der Waals surface area contributed by atoms with Crippen molar-refractivity contribution in [1.29, 1.82) is 0 Å². The first-order valence-corrected chi connectivity index (χ1v) is 13.6. The average molecular weight is 521 g/mol. The summed E-state index contributed by atoms with van der Waals surface area (Å²) in [4.78, 5) is 44.2. The van der Waals surface area contributed by atoms with Crippen LogP contribution in [0.1, 0.15) is 45.4 Å². The number of nitrogens with zero attached hydrogens (tertiary/aromatic N) is 2. The van der Waals surface area contributed by atoms with Crippen molar-refractivity contribution in [3.8, 4) is 0 Å². The lowest BCUT2D eigenvalue weighted by Crippen LogP contribution is -2.56. The van der Waals surface area contributed by atoms with Gasteiger partial charge in [-0.3, -0.25) is 14.4 Å². The van der Waals surface area contributed by atoms with Crippen molar-refractivity contribution in [2.45, 2.75) is 62.7 Å². The van der Waals surface area contributed by atoms with Gasteiger partial charge >= 0.3 is 5.97 Å². The largest absolute Gasteiger partial charge is 0.481 e. The number of aliphatic hydroxyl groups is 1. The maximum absolute atomic E-state index is 14.5. The van der Waals surface area contributed by atoms with Gasteiger partial charge in [-0.1, -0.05) is 43.3 Å². The number of carboxylic acids is 1. The number of fused-ring (bicyclic) bond motifs is 2. The number of carbonyl (C=O) groups is 3. The minimum absolute atomic E-state index is 0.0567. The second kappa shape index (κ2) is 10.2. The lowest BCUT2D eigenvalue weighted by molar-refractivity contribution is -0.155. The molecule has 2 N–H and O–H groups in total. The molecule has 0 saturated carbocycles. The molecule has 3 heterocycles. The molecular formula is C30H36N2O6. The van der Waals surface area contributed by atoms with E-state index in [9.17, 15) is 24.6 Å². The minimum Gasteiger partial charge on any atom is -0.481 e. The lowest BCUT2D eigenvalue weighted by atomic mass is 9.65. The predicted octanol–water partition coefficient (Wildman–Crippen LogP) is 3.76. The zero-order valence-corrected chi connectivity index (χ0v) is 21.8. The van der Waals surface area contributed by atoms with E-state index in [1.54, 1.807) is 15.9 Å². The number of aliphatic hydroxyl groups excluding tert-OH is 1. The smallest absolute Gasteiger partial charge is 0.310 e. The molecule has 3 saturated heterocycles. The van der Waals surface area contributed by atoms with Crippen LogP contribution < -0.4 is 4.90 Å². The zero-order valence-electron chi connectivity index (χ0n) is 21.8. The normalized spacial score (nSPS) is 29.6. The Kier molecular flexibility index (Phi) is 7.05. The molecule has 5 rings (SSSR count). The molecule has 2 aromatic carbocycles. The molecule has 3 aliphatic heterocycles. The van der Waals surface area contributed by atoms with E-state index in [4.69, 9.17) is 4.74 Å². The topological polar surface area (TPSA) is 107 Å². The molecular weight excluding hydrogens is 484 g/mol. The number of benzene rings is 2. The molecule has 38 heavy (non-hydrogen) atoms. The Balaban J connectivity index is 1.57. The van der Waals surface area contributed by atoms with Gasteiger partial charge in [0.05, 0.1) is 11.5 Å². The van der Waals surface area contributed by atoms with E-state index < -0.39 is 35.0 Å². The summed E-state index contributed by atoms with van der Waals surface area (Å²) in [7, 11) is 0. The van der Waals surface area contributed by atoms with E-state index in [0.717, 1.165) is 10.8 Å². The monoisotopic (exact) mass is 520 g/mol. The fraction of sp³-hybridized carbons (Fsp3) is 0.500. The first-order chi connectivity index (χ1) is 18.3. The third kappa shape index (κ3) is 3.93. The zero-order chi connectivity index (χ0) is 27.1. The van der Waals surface area contributed by atoms with Gasteiger partial charge in [0.25, 0.3) is 5.91 Å². The molecule has 2 aromatic rings. The summed E-state index contributed by atoms with van der Waals surface area (Å²) >= 11 is 0. The van der Waals surface area contributed by atoms with Crippen molar-refractivity contribution in [1.82, 2.24) is 4.90 Å². The summed E-state index contributed by atoms with van der Waals surface area (Å²) in [6.07, 6.45) is 4.99. The number of likely N-dealkylation sites (tertiary alicyclic amines) is 1. The standard InChI is InChI=1S/C30H36N2O6/c1-3-16-31(22-13-12-20-10-6-7-11-21(20)19-22)27(35)25-30-15-14-29(4-2,38-30)24(28(36)37)23(30)26(34)32(25)17-8-5-9-18-33/h3,6-7,10-13,19,23-25,33H,1,4-5,8-9,14-18H2,2H3,(H,36,37)/t23-,24+,25?,29-,30?/m0/s1. The molecule has 3 aliphatic rings. The van der Waals surface area contributed by atoms with E-state index in [-0.39, 0.29) is 25.0 Å². The molecule has 202 valence electrons. The minimum atomic E-state index is -1.18. The maximum atomic E-state index is 14.5. The summed E-state index contributed by atoms with van der Waals surface area (Å²) in [5.41, 5.74) is -1.44. The van der Waals surface area contributed by atoms with Crippen LogP contribution in [-0.4, -0.2) is 69.8 Å². The number of carbonyl (C=O) groups excluding carboxylic acids is 2. The Bertz CT molecular complexity index is 1260. The quantitative estimate of drug-likeness (QED) is 0.345. The third-order valence-corrected chi connectivity index (χ3v) is 8.86. The van der Waals surface area contributed by atoms with Crippen LogP contribution in [0, 0.1) is 11.8 Å². The van der Waals surface area contributed by atoms with Gasteiger partial charge in [0.15, 0.2) is 0 Å². The fourth-order valence-electron chi connectivity index (χ4n) is 7.13. The van der Waals surface area contributed by atoms with Crippen molar-refractivity contribution in [2.75, 3.05) is 24.6 Å². The molecule has 1 spiro atoms. The SMILES string of the molecule is C=CCN(C(=O)C1N(CCCCCO)C(=O)[C@@H]2[C@H](C(=O)O)[C@]3(CC)CCC12O3)c1ccc2ccccc2c1. The summed E-state index contributed by atoms with van der Waals surface area (Å²) in [5.74, 6) is -3.52. The Morgan fingerprint density at radius 2 is 1.92 bits per heavy atom. The Hall–Kier alpha value is -3.23. The van der Waals surface area contributed by atoms with Crippen LogP contribution in [0.4, 0.5) is 5.69 Å². The number of amides is 2. The van der Waals surface area contributed by atoms with Crippen LogP contribution in [0.15, 0.2) is 55.1 Å². The van der Waals surface area contributed by atoms with Crippen LogP contribution >= 0.6 is 0 Å². The first kappa shape index (κ1) is 26.4. The third-order valence-electron chi connectivity index (χ3n) is 8.86. The van der Waals surface area contributed by atoms with Crippen LogP contribution in [0.3, 0.4) is 0 Å². The van der Waals surface area contributed by atoms with E-state index in [0.29, 0.717) is 50.8 Å². The molecule has 2 unspecified atom stereocenters. The molecule has 8 heteroatoms. The lowest BCUT2D eigenvalue weighted by Gasteiger charge is -2.37. The van der Waals surface area contributed by atoms with Crippen LogP contribution in [0.2, 0.25) is 0 Å². The van der Waals surface area contributed by atoms with Gasteiger partial charge in [-0.15, -0.1) is 6.58 Å². The van der Waals surface area contributed by atoms with Crippen LogP contribution in [-0.2, 0) is 19.1 Å². The molecule has 2 amide bonds. The van der Waals surface area contributed by atoms with Crippen molar-refractivity contribution >= 4 is 34.2 Å². The summed E-state index contributed by atoms with van der Waals surface area (Å²) in [5, 5.41) is 21.5. The summed E-state index contributed by atoms with van der Waals surface area (Å²) < 4.78 is 6.63. The summed E-state index contributed by atoms with van der Waals surface area (Å²) in [6, 6.07) is 12.8. The van der Waals surface area contributed by atoms with Gasteiger partial charge in [-0.05, 0) is 61.4 Å². The molecule has 0 aliphatic carbocycles. The molecule has 0 radical (unpaired) electrons. The first-order valence-electron chi connectivity index (χ1n) is 13.6. The van der Waals surface area contributed by atoms with E-state index in [2.05, 4.69) is 6.58 Å². The second-order valence-corrected chi connectivity index (χ2v) is 10.8. The number of rotatable bonds is 11. The second-order valence-electron chi connectivity index (χ2n) is 10.8. The highest BCUT2D eigenvalue weighted by Crippen LogP contribution is 2.64. The number of unbranched alkanes of at least 4 members (excludes halogenated alkanes) is 2.